The number of carbonyl (C=O) groups is 1. The summed E-state index contributed by atoms with van der Waals surface area (Å²) in [7, 11) is 0. The second-order valence-corrected chi connectivity index (χ2v) is 6.37. The molecule has 0 saturated carbocycles. The van der Waals surface area contributed by atoms with Gasteiger partial charge in [-0.15, -0.1) is 0 Å². The van der Waals surface area contributed by atoms with Crippen LogP contribution in [0.1, 0.15) is 23.2 Å². The second kappa shape index (κ2) is 5.71. The van der Waals surface area contributed by atoms with Crippen molar-refractivity contribution in [1.82, 2.24) is 10.3 Å². The molecule has 1 aromatic carbocycles. The molecule has 2 aromatic rings. The molecule has 1 amide bonds. The standard InChI is InChI=1S/C15H17N3OS/c16-14-8-12(11-5-1-2-6-13(11)18-14)15(19)17-9-10-4-3-7-20-10/h1-2,5-6,8,10H,3-4,7,9H2,(H2,16,18)(H,17,19). The van der Waals surface area contributed by atoms with Crippen LogP contribution in [0.2, 0.25) is 0 Å². The van der Waals surface area contributed by atoms with Crippen LogP contribution in [-0.4, -0.2) is 28.4 Å². The number of nitrogens with zero attached hydrogens (tertiary/aromatic N) is 1. The maximum absolute atomic E-state index is 12.4. The van der Waals surface area contributed by atoms with E-state index in [1.165, 1.54) is 18.6 Å². The number of pyridine rings is 1. The van der Waals surface area contributed by atoms with Gasteiger partial charge < -0.3 is 11.1 Å². The van der Waals surface area contributed by atoms with Crippen LogP contribution in [0.4, 0.5) is 5.82 Å². The lowest BCUT2D eigenvalue weighted by Gasteiger charge is -2.12. The average Bonchev–Trinajstić information content (AvgIpc) is 2.97. The van der Waals surface area contributed by atoms with Crippen LogP contribution in [0.3, 0.4) is 0 Å². The molecule has 1 unspecified atom stereocenters. The first kappa shape index (κ1) is 13.2. The third-order valence-corrected chi connectivity index (χ3v) is 4.89. The lowest BCUT2D eigenvalue weighted by atomic mass is 10.1. The zero-order valence-electron chi connectivity index (χ0n) is 11.1. The van der Waals surface area contributed by atoms with Gasteiger partial charge >= 0.3 is 0 Å². The van der Waals surface area contributed by atoms with E-state index in [-0.39, 0.29) is 5.91 Å². The highest BCUT2D eigenvalue weighted by Crippen LogP contribution is 2.25. The van der Waals surface area contributed by atoms with Crippen molar-refractivity contribution >= 4 is 34.4 Å². The van der Waals surface area contributed by atoms with Gasteiger partial charge in [0.2, 0.25) is 0 Å². The second-order valence-electron chi connectivity index (χ2n) is 4.96. The molecule has 1 aliphatic heterocycles. The van der Waals surface area contributed by atoms with E-state index in [1.54, 1.807) is 6.07 Å². The molecule has 20 heavy (non-hydrogen) atoms. The molecule has 1 aromatic heterocycles. The predicted octanol–water partition coefficient (Wildman–Crippen LogP) is 2.44. The first-order chi connectivity index (χ1) is 9.74. The number of nitrogens with two attached hydrogens (primary N) is 1. The largest absolute Gasteiger partial charge is 0.384 e. The van der Waals surface area contributed by atoms with E-state index in [9.17, 15) is 4.79 Å². The van der Waals surface area contributed by atoms with Crippen molar-refractivity contribution in [3.63, 3.8) is 0 Å². The van der Waals surface area contributed by atoms with Crippen molar-refractivity contribution < 1.29 is 4.79 Å². The fraction of sp³-hybridized carbons (Fsp3) is 0.333. The first-order valence-electron chi connectivity index (χ1n) is 6.79. The van der Waals surface area contributed by atoms with E-state index in [4.69, 9.17) is 5.73 Å². The van der Waals surface area contributed by atoms with Gasteiger partial charge in [0.1, 0.15) is 5.82 Å². The number of amides is 1. The third kappa shape index (κ3) is 2.72. The average molecular weight is 287 g/mol. The molecule has 1 atom stereocenters. The van der Waals surface area contributed by atoms with Crippen LogP contribution >= 0.6 is 11.8 Å². The Balaban J connectivity index is 1.83. The van der Waals surface area contributed by atoms with Gasteiger partial charge in [-0.05, 0) is 30.7 Å². The van der Waals surface area contributed by atoms with Gasteiger partial charge in [0.25, 0.3) is 5.91 Å². The number of thioether (sulfide) groups is 1. The van der Waals surface area contributed by atoms with E-state index < -0.39 is 0 Å². The molecule has 104 valence electrons. The van der Waals surface area contributed by atoms with Crippen LogP contribution in [0.25, 0.3) is 10.9 Å². The maximum atomic E-state index is 12.4. The number of rotatable bonds is 3. The summed E-state index contributed by atoms with van der Waals surface area (Å²) in [6, 6.07) is 9.23. The Morgan fingerprint density at radius 1 is 1.45 bits per heavy atom. The maximum Gasteiger partial charge on any atom is 0.252 e. The smallest absolute Gasteiger partial charge is 0.252 e. The molecule has 0 bridgehead atoms. The molecular formula is C15H17N3OS. The summed E-state index contributed by atoms with van der Waals surface area (Å²) in [4.78, 5) is 16.6. The number of aromatic nitrogens is 1. The topological polar surface area (TPSA) is 68.0 Å². The minimum Gasteiger partial charge on any atom is -0.384 e. The van der Waals surface area contributed by atoms with Gasteiger partial charge in [-0.25, -0.2) is 4.98 Å². The molecule has 1 saturated heterocycles. The first-order valence-corrected chi connectivity index (χ1v) is 7.84. The summed E-state index contributed by atoms with van der Waals surface area (Å²) >= 11 is 1.93. The van der Waals surface area contributed by atoms with Gasteiger partial charge in [0, 0.05) is 17.2 Å². The van der Waals surface area contributed by atoms with Gasteiger partial charge in [-0.1, -0.05) is 18.2 Å². The molecule has 0 aliphatic carbocycles. The van der Waals surface area contributed by atoms with Gasteiger partial charge in [-0.2, -0.15) is 11.8 Å². The molecule has 0 spiro atoms. The number of benzene rings is 1. The quantitative estimate of drug-likeness (QED) is 0.910. The van der Waals surface area contributed by atoms with Crippen molar-refractivity contribution in [2.45, 2.75) is 18.1 Å². The van der Waals surface area contributed by atoms with Crippen molar-refractivity contribution in [2.24, 2.45) is 0 Å². The van der Waals surface area contributed by atoms with Crippen molar-refractivity contribution in [2.75, 3.05) is 18.0 Å². The number of nitrogens with one attached hydrogen (secondary N) is 1. The van der Waals surface area contributed by atoms with Crippen LogP contribution in [0.5, 0.6) is 0 Å². The molecule has 0 radical (unpaired) electrons. The number of para-hydroxylation sites is 1. The number of nitrogen functional groups attached to an aromatic ring is 1. The Bertz CT molecular complexity index is 638. The Kier molecular flexibility index (Phi) is 3.78. The van der Waals surface area contributed by atoms with Crippen molar-refractivity contribution in [3.05, 3.63) is 35.9 Å². The molecule has 1 fully saturated rings. The van der Waals surface area contributed by atoms with Crippen LogP contribution in [0, 0.1) is 0 Å². The van der Waals surface area contributed by atoms with E-state index in [0.29, 0.717) is 16.6 Å². The molecule has 4 nitrogen and oxygen atoms in total. The van der Waals surface area contributed by atoms with Crippen LogP contribution < -0.4 is 11.1 Å². The lowest BCUT2D eigenvalue weighted by molar-refractivity contribution is 0.0955. The summed E-state index contributed by atoms with van der Waals surface area (Å²) in [6.07, 6.45) is 2.43. The van der Waals surface area contributed by atoms with E-state index in [2.05, 4.69) is 10.3 Å². The molecule has 5 heteroatoms. The molecular weight excluding hydrogens is 270 g/mol. The summed E-state index contributed by atoms with van der Waals surface area (Å²) in [6.45, 7) is 0.722. The minimum absolute atomic E-state index is 0.0669. The minimum atomic E-state index is -0.0669. The number of hydrogen-bond acceptors (Lipinski definition) is 4. The highest BCUT2D eigenvalue weighted by molar-refractivity contribution is 8.00. The molecule has 3 N–H and O–H groups in total. The number of hydrogen-bond donors (Lipinski definition) is 2. The Labute approximate surface area is 122 Å². The van der Waals surface area contributed by atoms with Gasteiger partial charge in [0.15, 0.2) is 0 Å². The predicted molar refractivity (Wildman–Crippen MR) is 84.0 cm³/mol. The summed E-state index contributed by atoms with van der Waals surface area (Å²) < 4.78 is 0. The van der Waals surface area contributed by atoms with Crippen molar-refractivity contribution in [1.29, 1.82) is 0 Å². The SMILES string of the molecule is Nc1cc(C(=O)NCC2CCCS2)c2ccccc2n1. The third-order valence-electron chi connectivity index (χ3n) is 3.49. The Hall–Kier alpha value is -1.75. The van der Waals surface area contributed by atoms with Crippen LogP contribution in [0.15, 0.2) is 30.3 Å². The van der Waals surface area contributed by atoms with E-state index in [0.717, 1.165) is 17.4 Å². The summed E-state index contributed by atoms with van der Waals surface area (Å²) in [5.74, 6) is 1.51. The highest BCUT2D eigenvalue weighted by Gasteiger charge is 2.18. The molecule has 1 aliphatic rings. The normalized spacial score (nSPS) is 18.3. The van der Waals surface area contributed by atoms with Gasteiger partial charge in [0.05, 0.1) is 11.1 Å². The summed E-state index contributed by atoms with van der Waals surface area (Å²) in [5, 5.41) is 4.41. The van der Waals surface area contributed by atoms with Gasteiger partial charge in [-0.3, -0.25) is 4.79 Å². The fourth-order valence-corrected chi connectivity index (χ4v) is 3.69. The Morgan fingerprint density at radius 2 is 2.30 bits per heavy atom. The number of anilines is 1. The molecule has 3 rings (SSSR count). The zero-order chi connectivity index (χ0) is 13.9. The highest BCUT2D eigenvalue weighted by atomic mass is 32.2. The summed E-state index contributed by atoms with van der Waals surface area (Å²) in [5.41, 5.74) is 7.15. The lowest BCUT2D eigenvalue weighted by Crippen LogP contribution is -2.30. The Morgan fingerprint density at radius 3 is 3.10 bits per heavy atom. The number of fused-ring (bicyclic) bond motifs is 1. The fourth-order valence-electron chi connectivity index (χ4n) is 2.49. The van der Waals surface area contributed by atoms with Crippen LogP contribution in [-0.2, 0) is 0 Å². The number of carbonyl (C=O) groups excluding carboxylic acids is 1. The van der Waals surface area contributed by atoms with Crippen molar-refractivity contribution in [3.8, 4) is 0 Å². The monoisotopic (exact) mass is 287 g/mol. The molecule has 2 heterocycles. The van der Waals surface area contributed by atoms with E-state index in [1.807, 2.05) is 36.0 Å². The zero-order valence-corrected chi connectivity index (χ0v) is 12.0. The van der Waals surface area contributed by atoms with E-state index >= 15 is 0 Å².